The van der Waals surface area contributed by atoms with Crippen molar-refractivity contribution < 1.29 is 0 Å². The molecule has 0 aliphatic carbocycles. The van der Waals surface area contributed by atoms with Crippen molar-refractivity contribution in [1.82, 2.24) is 14.5 Å². The fraction of sp³-hybridized carbons (Fsp3) is 0.0909. The molecule has 0 fully saturated rings. The summed E-state index contributed by atoms with van der Waals surface area (Å²) in [6.07, 6.45) is 3.59. The van der Waals surface area contributed by atoms with E-state index in [4.69, 9.17) is 5.73 Å². The molecule has 5 heteroatoms. The molecule has 0 atom stereocenters. The van der Waals surface area contributed by atoms with Crippen molar-refractivity contribution in [3.05, 3.63) is 30.7 Å². The number of hydrogen-bond donors (Lipinski definition) is 1. The highest BCUT2D eigenvalue weighted by atomic mass is 32.1. The van der Waals surface area contributed by atoms with Gasteiger partial charge in [0.25, 0.3) is 0 Å². The molecule has 0 radical (unpaired) electrons. The van der Waals surface area contributed by atoms with E-state index in [2.05, 4.69) is 9.97 Å². The van der Waals surface area contributed by atoms with Crippen molar-refractivity contribution in [2.45, 2.75) is 0 Å². The van der Waals surface area contributed by atoms with Crippen LogP contribution in [0.1, 0.15) is 0 Å². The second-order valence-corrected chi connectivity index (χ2v) is 4.67. The summed E-state index contributed by atoms with van der Waals surface area (Å²) in [6.45, 7) is 0. The maximum Gasteiger partial charge on any atom is 0.142 e. The summed E-state index contributed by atoms with van der Waals surface area (Å²) < 4.78 is 3.07. The Hall–Kier alpha value is -1.88. The average molecular weight is 230 g/mol. The zero-order valence-electron chi connectivity index (χ0n) is 8.71. The molecule has 16 heavy (non-hydrogen) atoms. The normalized spacial score (nSPS) is 11.1. The van der Waals surface area contributed by atoms with E-state index in [1.165, 1.54) is 0 Å². The number of imidazole rings is 1. The summed E-state index contributed by atoms with van der Waals surface area (Å²) in [6, 6.07) is 5.77. The van der Waals surface area contributed by atoms with Crippen LogP contribution in [0.15, 0.2) is 30.7 Å². The lowest BCUT2D eigenvalue weighted by atomic mass is 10.3. The smallest absolute Gasteiger partial charge is 0.142 e. The van der Waals surface area contributed by atoms with E-state index >= 15 is 0 Å². The van der Waals surface area contributed by atoms with Gasteiger partial charge in [0, 0.05) is 12.7 Å². The van der Waals surface area contributed by atoms with E-state index < -0.39 is 0 Å². The van der Waals surface area contributed by atoms with Crippen LogP contribution >= 0.6 is 11.3 Å². The molecule has 1 aromatic carbocycles. The van der Waals surface area contributed by atoms with Crippen LogP contribution in [0.25, 0.3) is 20.9 Å². The van der Waals surface area contributed by atoms with Gasteiger partial charge in [0.2, 0.25) is 0 Å². The lowest BCUT2D eigenvalue weighted by Gasteiger charge is -1.94. The van der Waals surface area contributed by atoms with Gasteiger partial charge in [-0.3, -0.25) is 0 Å². The Balaban J connectivity index is 2.23. The maximum atomic E-state index is 5.74. The van der Waals surface area contributed by atoms with E-state index in [9.17, 15) is 0 Å². The minimum absolute atomic E-state index is 0.771. The number of nitrogen functional groups attached to an aromatic ring is 1. The molecule has 0 aliphatic rings. The Kier molecular flexibility index (Phi) is 1.94. The molecule has 3 aromatic rings. The van der Waals surface area contributed by atoms with Crippen molar-refractivity contribution in [2.75, 3.05) is 5.73 Å². The summed E-state index contributed by atoms with van der Waals surface area (Å²) in [5.41, 5.74) is 8.52. The fourth-order valence-electron chi connectivity index (χ4n) is 1.61. The molecule has 0 unspecified atom stereocenters. The van der Waals surface area contributed by atoms with Gasteiger partial charge in [-0.2, -0.15) is 0 Å². The molecule has 0 saturated carbocycles. The van der Waals surface area contributed by atoms with Gasteiger partial charge in [-0.15, -0.1) is 11.3 Å². The molecular weight excluding hydrogens is 220 g/mol. The van der Waals surface area contributed by atoms with Crippen LogP contribution < -0.4 is 5.73 Å². The van der Waals surface area contributed by atoms with E-state index in [1.807, 2.05) is 36.0 Å². The van der Waals surface area contributed by atoms with Crippen LogP contribution in [0.5, 0.6) is 0 Å². The minimum Gasteiger partial charge on any atom is -0.399 e. The third-order valence-corrected chi connectivity index (χ3v) is 3.49. The molecule has 80 valence electrons. The Morgan fingerprint density at radius 3 is 3.00 bits per heavy atom. The highest BCUT2D eigenvalue weighted by Crippen LogP contribution is 2.30. The monoisotopic (exact) mass is 230 g/mol. The fourth-order valence-corrected chi connectivity index (χ4v) is 2.68. The highest BCUT2D eigenvalue weighted by molar-refractivity contribution is 7.21. The summed E-state index contributed by atoms with van der Waals surface area (Å²) in [7, 11) is 1.96. The second-order valence-electron chi connectivity index (χ2n) is 3.64. The van der Waals surface area contributed by atoms with E-state index in [-0.39, 0.29) is 0 Å². The molecule has 2 N–H and O–H groups in total. The molecule has 4 nitrogen and oxygen atoms in total. The van der Waals surface area contributed by atoms with Gasteiger partial charge in [-0.25, -0.2) is 9.97 Å². The summed E-state index contributed by atoms with van der Waals surface area (Å²) in [5, 5.41) is 0.973. The second kappa shape index (κ2) is 3.31. The van der Waals surface area contributed by atoms with Crippen LogP contribution in [0.3, 0.4) is 0 Å². The first kappa shape index (κ1) is 9.35. The van der Waals surface area contributed by atoms with Crippen LogP contribution in [-0.2, 0) is 7.05 Å². The number of benzene rings is 1. The molecule has 3 rings (SSSR count). The Morgan fingerprint density at radius 2 is 2.25 bits per heavy atom. The number of nitrogens with zero attached hydrogens (tertiary/aromatic N) is 3. The number of aryl methyl sites for hydroxylation is 1. The van der Waals surface area contributed by atoms with Crippen molar-refractivity contribution in [3.8, 4) is 10.7 Å². The first-order chi connectivity index (χ1) is 7.74. The summed E-state index contributed by atoms with van der Waals surface area (Å²) in [4.78, 5) is 8.65. The van der Waals surface area contributed by atoms with Gasteiger partial charge < -0.3 is 10.3 Å². The zero-order chi connectivity index (χ0) is 11.1. The molecular formula is C11H10N4S. The third-order valence-electron chi connectivity index (χ3n) is 2.45. The largest absolute Gasteiger partial charge is 0.399 e. The Labute approximate surface area is 96.4 Å². The number of hydrogen-bond acceptors (Lipinski definition) is 4. The van der Waals surface area contributed by atoms with Gasteiger partial charge in [0.15, 0.2) is 0 Å². The number of aromatic nitrogens is 3. The number of nitrogens with two attached hydrogens (primary N) is 1. The van der Waals surface area contributed by atoms with E-state index in [0.717, 1.165) is 26.6 Å². The van der Waals surface area contributed by atoms with Crippen molar-refractivity contribution in [1.29, 1.82) is 0 Å². The molecule has 0 saturated heterocycles. The van der Waals surface area contributed by atoms with Gasteiger partial charge in [0.05, 0.1) is 28.4 Å². The molecule has 0 aliphatic heterocycles. The average Bonchev–Trinajstić information content (AvgIpc) is 2.82. The maximum absolute atomic E-state index is 5.74. The van der Waals surface area contributed by atoms with Gasteiger partial charge >= 0.3 is 0 Å². The Morgan fingerprint density at radius 1 is 1.38 bits per heavy atom. The van der Waals surface area contributed by atoms with Crippen LogP contribution in [0, 0.1) is 0 Å². The lowest BCUT2D eigenvalue weighted by Crippen LogP contribution is -1.87. The number of fused-ring (bicyclic) bond motifs is 1. The minimum atomic E-state index is 0.771. The first-order valence-corrected chi connectivity index (χ1v) is 5.68. The topological polar surface area (TPSA) is 56.7 Å². The number of rotatable bonds is 1. The molecule has 2 heterocycles. The molecule has 2 aromatic heterocycles. The third kappa shape index (κ3) is 1.37. The molecule has 0 spiro atoms. The predicted molar refractivity (Wildman–Crippen MR) is 66.2 cm³/mol. The SMILES string of the molecule is Cn1cncc1-c1nc2ccc(N)cc2s1. The molecule has 0 amide bonds. The van der Waals surface area contributed by atoms with Crippen molar-refractivity contribution in [3.63, 3.8) is 0 Å². The summed E-state index contributed by atoms with van der Waals surface area (Å²) in [5.74, 6) is 0. The van der Waals surface area contributed by atoms with Gasteiger partial charge in [-0.1, -0.05) is 0 Å². The summed E-state index contributed by atoms with van der Waals surface area (Å²) >= 11 is 1.63. The van der Waals surface area contributed by atoms with Crippen molar-refractivity contribution >= 4 is 27.2 Å². The van der Waals surface area contributed by atoms with Crippen LogP contribution in [0.4, 0.5) is 5.69 Å². The predicted octanol–water partition coefficient (Wildman–Crippen LogP) is 2.28. The molecule has 0 bridgehead atoms. The highest BCUT2D eigenvalue weighted by Gasteiger charge is 2.09. The van der Waals surface area contributed by atoms with Gasteiger partial charge in [-0.05, 0) is 18.2 Å². The van der Waals surface area contributed by atoms with E-state index in [0.29, 0.717) is 0 Å². The lowest BCUT2D eigenvalue weighted by molar-refractivity contribution is 0.920. The van der Waals surface area contributed by atoms with E-state index in [1.54, 1.807) is 17.7 Å². The quantitative estimate of drug-likeness (QED) is 0.652. The zero-order valence-corrected chi connectivity index (χ0v) is 9.53. The Bertz CT molecular complexity index is 653. The number of anilines is 1. The standard InChI is InChI=1S/C11H10N4S/c1-15-6-13-5-9(15)11-14-8-3-2-7(12)4-10(8)16-11/h2-6H,12H2,1H3. The van der Waals surface area contributed by atoms with Crippen LogP contribution in [0.2, 0.25) is 0 Å². The van der Waals surface area contributed by atoms with Gasteiger partial charge in [0.1, 0.15) is 5.01 Å². The van der Waals surface area contributed by atoms with Crippen molar-refractivity contribution in [2.24, 2.45) is 7.05 Å². The van der Waals surface area contributed by atoms with Crippen LogP contribution in [-0.4, -0.2) is 14.5 Å². The first-order valence-electron chi connectivity index (χ1n) is 4.87. The number of thiazole rings is 1.